The zero-order chi connectivity index (χ0) is 19.9. The molecule has 0 saturated carbocycles. The number of anilines is 2. The van der Waals surface area contributed by atoms with Crippen LogP contribution in [0.4, 0.5) is 11.4 Å². The molecule has 3 rings (SSSR count). The molecule has 0 aliphatic carbocycles. The van der Waals surface area contributed by atoms with Crippen LogP contribution in [0.2, 0.25) is 0 Å². The van der Waals surface area contributed by atoms with Gasteiger partial charge >= 0.3 is 5.97 Å². The third kappa shape index (κ3) is 4.54. The maximum Gasteiger partial charge on any atom is 0.339 e. The van der Waals surface area contributed by atoms with E-state index in [4.69, 9.17) is 4.74 Å². The van der Waals surface area contributed by atoms with Crippen LogP contribution in [0.25, 0.3) is 0 Å². The van der Waals surface area contributed by atoms with Gasteiger partial charge in [-0.2, -0.15) is 0 Å². The molecule has 0 saturated heterocycles. The summed E-state index contributed by atoms with van der Waals surface area (Å²) in [5.41, 5.74) is 3.02. The molecule has 142 valence electrons. The van der Waals surface area contributed by atoms with Crippen LogP contribution in [0, 0.1) is 0 Å². The molecule has 2 aromatic carbocycles. The largest absolute Gasteiger partial charge is 0.465 e. The summed E-state index contributed by atoms with van der Waals surface area (Å²) in [5.74, 6) is -0.681. The van der Waals surface area contributed by atoms with Gasteiger partial charge in [0.25, 0.3) is 5.91 Å². The maximum absolute atomic E-state index is 12.4. The standard InChI is InChI=1S/C22H21N3O3/c1-15(16-8-4-3-5-9-16)24-21(26)20-13-12-17(14-23-20)25-19-11-7-6-10-18(19)22(27)28-2/h3-15,25H,1-2H3,(H,24,26). The second kappa shape index (κ2) is 8.81. The average Bonchev–Trinajstić information content (AvgIpc) is 2.74. The number of pyridine rings is 1. The number of rotatable bonds is 6. The molecule has 1 heterocycles. The first-order valence-electron chi connectivity index (χ1n) is 8.84. The van der Waals surface area contributed by atoms with E-state index in [2.05, 4.69) is 15.6 Å². The van der Waals surface area contributed by atoms with E-state index in [9.17, 15) is 9.59 Å². The predicted molar refractivity (Wildman–Crippen MR) is 108 cm³/mol. The molecular weight excluding hydrogens is 354 g/mol. The summed E-state index contributed by atoms with van der Waals surface area (Å²) < 4.78 is 4.79. The molecule has 0 bridgehead atoms. The molecule has 3 aromatic rings. The lowest BCUT2D eigenvalue weighted by Gasteiger charge is -2.14. The molecule has 0 radical (unpaired) electrons. The van der Waals surface area contributed by atoms with Crippen molar-refractivity contribution in [2.24, 2.45) is 0 Å². The molecule has 0 aliphatic rings. The van der Waals surface area contributed by atoms with Gasteiger partial charge in [0.15, 0.2) is 0 Å². The lowest BCUT2D eigenvalue weighted by molar-refractivity contribution is 0.0601. The number of carbonyl (C=O) groups excluding carboxylic acids is 2. The summed E-state index contributed by atoms with van der Waals surface area (Å²) in [7, 11) is 1.34. The van der Waals surface area contributed by atoms with E-state index in [1.54, 1.807) is 36.5 Å². The van der Waals surface area contributed by atoms with Crippen molar-refractivity contribution < 1.29 is 14.3 Å². The molecule has 28 heavy (non-hydrogen) atoms. The maximum atomic E-state index is 12.4. The molecule has 1 atom stereocenters. The summed E-state index contributed by atoms with van der Waals surface area (Å²) in [6, 6.07) is 20.0. The Balaban J connectivity index is 1.69. The quantitative estimate of drug-likeness (QED) is 0.634. The van der Waals surface area contributed by atoms with Gasteiger partial charge in [-0.1, -0.05) is 42.5 Å². The number of nitrogens with one attached hydrogen (secondary N) is 2. The van der Waals surface area contributed by atoms with Crippen LogP contribution in [0.3, 0.4) is 0 Å². The Labute approximate surface area is 163 Å². The fourth-order valence-electron chi connectivity index (χ4n) is 2.73. The van der Waals surface area contributed by atoms with Gasteiger partial charge in [0.1, 0.15) is 5.69 Å². The third-order valence-corrected chi connectivity index (χ3v) is 4.25. The van der Waals surface area contributed by atoms with Crippen LogP contribution in [0.1, 0.15) is 39.4 Å². The van der Waals surface area contributed by atoms with Crippen molar-refractivity contribution in [3.05, 3.63) is 89.7 Å². The molecule has 6 heteroatoms. The number of hydrogen-bond donors (Lipinski definition) is 2. The van der Waals surface area contributed by atoms with Gasteiger partial charge in [0, 0.05) is 0 Å². The fourth-order valence-corrected chi connectivity index (χ4v) is 2.73. The van der Waals surface area contributed by atoms with Crippen molar-refractivity contribution in [3.8, 4) is 0 Å². The van der Waals surface area contributed by atoms with Gasteiger partial charge in [-0.05, 0) is 36.8 Å². The normalized spacial score (nSPS) is 11.4. The van der Waals surface area contributed by atoms with Gasteiger partial charge < -0.3 is 15.4 Å². The van der Waals surface area contributed by atoms with E-state index in [1.165, 1.54) is 7.11 Å². The Bertz CT molecular complexity index is 956. The monoisotopic (exact) mass is 375 g/mol. The first-order chi connectivity index (χ1) is 13.6. The Kier molecular flexibility index (Phi) is 6.01. The van der Waals surface area contributed by atoms with Crippen molar-refractivity contribution in [3.63, 3.8) is 0 Å². The van der Waals surface area contributed by atoms with E-state index >= 15 is 0 Å². The summed E-state index contributed by atoms with van der Waals surface area (Å²) in [4.78, 5) is 28.5. The molecule has 0 spiro atoms. The highest BCUT2D eigenvalue weighted by Crippen LogP contribution is 2.21. The summed E-state index contributed by atoms with van der Waals surface area (Å²) in [5, 5.41) is 6.06. The third-order valence-electron chi connectivity index (χ3n) is 4.25. The Morgan fingerprint density at radius 3 is 2.36 bits per heavy atom. The van der Waals surface area contributed by atoms with E-state index in [-0.39, 0.29) is 11.9 Å². The van der Waals surface area contributed by atoms with E-state index in [1.807, 2.05) is 43.3 Å². The lowest BCUT2D eigenvalue weighted by Crippen LogP contribution is -2.27. The Morgan fingerprint density at radius 1 is 0.964 bits per heavy atom. The molecule has 0 fully saturated rings. The molecule has 1 unspecified atom stereocenters. The second-order valence-electron chi connectivity index (χ2n) is 6.20. The number of methoxy groups -OCH3 is 1. The minimum atomic E-state index is -0.429. The highest BCUT2D eigenvalue weighted by atomic mass is 16.5. The van der Waals surface area contributed by atoms with E-state index < -0.39 is 5.97 Å². The topological polar surface area (TPSA) is 80.3 Å². The number of aromatic nitrogens is 1. The van der Waals surface area contributed by atoms with Crippen molar-refractivity contribution in [2.45, 2.75) is 13.0 Å². The number of hydrogen-bond acceptors (Lipinski definition) is 5. The smallest absolute Gasteiger partial charge is 0.339 e. The van der Waals surface area contributed by atoms with Gasteiger partial charge in [-0.3, -0.25) is 4.79 Å². The van der Waals surface area contributed by atoms with E-state index in [0.717, 1.165) is 5.56 Å². The van der Waals surface area contributed by atoms with Crippen LogP contribution in [0.15, 0.2) is 72.9 Å². The molecule has 1 amide bonds. The van der Waals surface area contributed by atoms with Crippen LogP contribution in [-0.2, 0) is 4.74 Å². The minimum Gasteiger partial charge on any atom is -0.465 e. The van der Waals surface area contributed by atoms with Crippen LogP contribution in [-0.4, -0.2) is 24.0 Å². The van der Waals surface area contributed by atoms with Crippen molar-refractivity contribution in [1.29, 1.82) is 0 Å². The highest BCUT2D eigenvalue weighted by molar-refractivity contribution is 5.96. The first kappa shape index (κ1) is 19.1. The van der Waals surface area contributed by atoms with E-state index in [0.29, 0.717) is 22.6 Å². The average molecular weight is 375 g/mol. The van der Waals surface area contributed by atoms with Gasteiger partial charge in [-0.25, -0.2) is 9.78 Å². The van der Waals surface area contributed by atoms with Gasteiger partial charge in [0.2, 0.25) is 0 Å². The number of carbonyl (C=O) groups is 2. The van der Waals surface area contributed by atoms with Crippen molar-refractivity contribution >= 4 is 23.3 Å². The second-order valence-corrected chi connectivity index (χ2v) is 6.20. The minimum absolute atomic E-state index is 0.125. The van der Waals surface area contributed by atoms with Crippen LogP contribution >= 0.6 is 0 Å². The number of para-hydroxylation sites is 1. The summed E-state index contributed by atoms with van der Waals surface area (Å²) in [6.07, 6.45) is 1.55. The number of benzene rings is 2. The Morgan fingerprint density at radius 2 is 1.68 bits per heavy atom. The highest BCUT2D eigenvalue weighted by Gasteiger charge is 2.14. The molecule has 6 nitrogen and oxygen atoms in total. The summed E-state index contributed by atoms with van der Waals surface area (Å²) >= 11 is 0. The summed E-state index contributed by atoms with van der Waals surface area (Å²) in [6.45, 7) is 1.92. The SMILES string of the molecule is COC(=O)c1ccccc1Nc1ccc(C(=O)NC(C)c2ccccc2)nc1. The predicted octanol–water partition coefficient (Wildman–Crippen LogP) is 4.10. The number of esters is 1. The fraction of sp³-hybridized carbons (Fsp3) is 0.136. The van der Waals surface area contributed by atoms with Gasteiger partial charge in [-0.15, -0.1) is 0 Å². The first-order valence-corrected chi connectivity index (χ1v) is 8.84. The van der Waals surface area contributed by atoms with Crippen LogP contribution in [0.5, 0.6) is 0 Å². The number of amides is 1. The van der Waals surface area contributed by atoms with Crippen molar-refractivity contribution in [2.75, 3.05) is 12.4 Å². The van der Waals surface area contributed by atoms with Crippen molar-refractivity contribution in [1.82, 2.24) is 10.3 Å². The molecule has 0 aliphatic heterocycles. The number of nitrogens with zero attached hydrogens (tertiary/aromatic N) is 1. The van der Waals surface area contributed by atoms with Crippen LogP contribution < -0.4 is 10.6 Å². The number of ether oxygens (including phenoxy) is 1. The molecule has 2 N–H and O–H groups in total. The molecule has 1 aromatic heterocycles. The zero-order valence-electron chi connectivity index (χ0n) is 15.7. The Hall–Kier alpha value is -3.67. The van der Waals surface area contributed by atoms with Gasteiger partial charge in [0.05, 0.1) is 36.3 Å². The molecular formula is C22H21N3O3. The zero-order valence-corrected chi connectivity index (χ0v) is 15.7. The lowest BCUT2D eigenvalue weighted by atomic mass is 10.1.